The van der Waals surface area contributed by atoms with Gasteiger partial charge in [-0.3, -0.25) is 4.90 Å². The van der Waals surface area contributed by atoms with Crippen LogP contribution in [0.4, 0.5) is 4.79 Å². The first-order valence-corrected chi connectivity index (χ1v) is 13.1. The second-order valence-electron chi connectivity index (χ2n) is 10.4. The van der Waals surface area contributed by atoms with E-state index in [2.05, 4.69) is 34.6 Å². The van der Waals surface area contributed by atoms with E-state index in [0.717, 1.165) is 16.7 Å². The van der Waals surface area contributed by atoms with E-state index in [1.807, 2.05) is 91.0 Å². The van der Waals surface area contributed by atoms with Crippen LogP contribution < -0.4 is 0 Å². The number of carbonyl (C=O) groups excluding carboxylic acids is 1. The molecule has 3 atom stereocenters. The van der Waals surface area contributed by atoms with Gasteiger partial charge in [0.25, 0.3) is 0 Å². The Balaban J connectivity index is 1.91. The number of thioether (sulfide) groups is 1. The number of amides is 1. The van der Waals surface area contributed by atoms with Crippen molar-refractivity contribution >= 4 is 17.9 Å². The van der Waals surface area contributed by atoms with Crippen molar-refractivity contribution in [3.63, 3.8) is 0 Å². The zero-order valence-corrected chi connectivity index (χ0v) is 21.9. The van der Waals surface area contributed by atoms with Crippen LogP contribution in [0, 0.1) is 5.92 Å². The van der Waals surface area contributed by atoms with E-state index in [4.69, 9.17) is 4.74 Å². The largest absolute Gasteiger partial charge is 0.431 e. The maximum atomic E-state index is 13.9. The number of hydrogen-bond acceptors (Lipinski definition) is 4. The van der Waals surface area contributed by atoms with E-state index >= 15 is 0 Å². The van der Waals surface area contributed by atoms with Crippen molar-refractivity contribution < 1.29 is 14.6 Å². The van der Waals surface area contributed by atoms with Gasteiger partial charge >= 0.3 is 6.09 Å². The van der Waals surface area contributed by atoms with Crippen LogP contribution in [-0.2, 0) is 10.3 Å². The van der Waals surface area contributed by atoms with E-state index in [-0.39, 0.29) is 16.7 Å². The molecule has 1 aliphatic heterocycles. The molecule has 3 aromatic carbocycles. The maximum Gasteiger partial charge on any atom is 0.412 e. The highest BCUT2D eigenvalue weighted by atomic mass is 32.2. The number of ether oxygens (including phenoxy) is 1. The molecular weight excluding hydrogens is 454 g/mol. The average molecular weight is 490 g/mol. The molecule has 0 unspecified atom stereocenters. The molecule has 5 heteroatoms. The molecule has 0 radical (unpaired) electrons. The fourth-order valence-electron chi connectivity index (χ4n) is 5.06. The van der Waals surface area contributed by atoms with Crippen LogP contribution in [-0.4, -0.2) is 32.3 Å². The monoisotopic (exact) mass is 489 g/mol. The van der Waals surface area contributed by atoms with Gasteiger partial charge in [0.2, 0.25) is 0 Å². The fourth-order valence-corrected chi connectivity index (χ4v) is 6.40. The Kier molecular flexibility index (Phi) is 7.30. The van der Waals surface area contributed by atoms with Crippen LogP contribution in [0.1, 0.15) is 57.4 Å². The summed E-state index contributed by atoms with van der Waals surface area (Å²) in [5, 5.41) is 11.1. The number of rotatable bonds is 7. The lowest BCUT2D eigenvalue weighted by Gasteiger charge is -2.42. The van der Waals surface area contributed by atoms with Gasteiger partial charge in [-0.1, -0.05) is 126 Å². The molecule has 1 fully saturated rings. The second-order valence-corrected chi connectivity index (χ2v) is 12.4. The lowest BCUT2D eigenvalue weighted by Crippen LogP contribution is -2.52. The van der Waals surface area contributed by atoms with Crippen LogP contribution in [0.15, 0.2) is 91.0 Å². The highest BCUT2D eigenvalue weighted by molar-refractivity contribution is 8.01. The van der Waals surface area contributed by atoms with Crippen LogP contribution in [0.3, 0.4) is 0 Å². The Morgan fingerprint density at radius 2 is 1.31 bits per heavy atom. The minimum absolute atomic E-state index is 0.0490. The van der Waals surface area contributed by atoms with Crippen LogP contribution in [0.5, 0.6) is 0 Å². The number of aliphatic hydroxyl groups is 1. The molecule has 1 N–H and O–H groups in total. The summed E-state index contributed by atoms with van der Waals surface area (Å²) in [6, 6.07) is 29.2. The van der Waals surface area contributed by atoms with Crippen molar-refractivity contribution in [1.82, 2.24) is 4.90 Å². The minimum Gasteiger partial charge on any atom is -0.431 e. The summed E-state index contributed by atoms with van der Waals surface area (Å²) in [6.45, 7) is 10.6. The van der Waals surface area contributed by atoms with Crippen molar-refractivity contribution in [2.75, 3.05) is 0 Å². The molecule has 0 saturated carbocycles. The van der Waals surface area contributed by atoms with Crippen LogP contribution in [0.2, 0.25) is 0 Å². The molecule has 1 saturated heterocycles. The van der Waals surface area contributed by atoms with Crippen molar-refractivity contribution in [3.05, 3.63) is 108 Å². The summed E-state index contributed by atoms with van der Waals surface area (Å²) in [6.07, 6.45) is -1.29. The summed E-state index contributed by atoms with van der Waals surface area (Å²) in [5.41, 5.74) is 1.63. The van der Waals surface area contributed by atoms with Gasteiger partial charge in [0, 0.05) is 15.9 Å². The number of carbonyl (C=O) groups is 1. The second kappa shape index (κ2) is 10.1. The lowest BCUT2D eigenvalue weighted by atomic mass is 9.75. The minimum atomic E-state index is -0.999. The predicted molar refractivity (Wildman–Crippen MR) is 143 cm³/mol. The van der Waals surface area contributed by atoms with E-state index in [0.29, 0.717) is 0 Å². The molecule has 3 aromatic rings. The SMILES string of the molecule is CC(C)[C@@H]1N([C@@H](SC(C)(C)C)[C@H](O)c2ccccc2)C(=O)OC1(c1ccccc1)c1ccccc1. The molecule has 0 aromatic heterocycles. The molecule has 0 bridgehead atoms. The van der Waals surface area contributed by atoms with E-state index < -0.39 is 23.2 Å². The number of hydrogen-bond donors (Lipinski definition) is 1. The van der Waals surface area contributed by atoms with Gasteiger partial charge < -0.3 is 9.84 Å². The molecular formula is C30H35NO3S. The normalized spacial score (nSPS) is 19.5. The fraction of sp³-hybridized carbons (Fsp3) is 0.367. The van der Waals surface area contributed by atoms with E-state index in [9.17, 15) is 9.90 Å². The maximum absolute atomic E-state index is 13.9. The number of benzene rings is 3. The Morgan fingerprint density at radius 1 is 0.857 bits per heavy atom. The van der Waals surface area contributed by atoms with E-state index in [1.54, 1.807) is 16.7 Å². The van der Waals surface area contributed by atoms with Gasteiger partial charge in [0.1, 0.15) is 11.5 Å². The quantitative estimate of drug-likeness (QED) is 0.388. The van der Waals surface area contributed by atoms with Gasteiger partial charge in [-0.25, -0.2) is 4.79 Å². The number of nitrogens with zero attached hydrogens (tertiary/aromatic N) is 1. The van der Waals surface area contributed by atoms with Crippen LogP contribution >= 0.6 is 11.8 Å². The lowest BCUT2D eigenvalue weighted by molar-refractivity contribution is 0.0477. The molecule has 4 nitrogen and oxygen atoms in total. The summed E-state index contributed by atoms with van der Waals surface area (Å²) in [7, 11) is 0. The first-order chi connectivity index (χ1) is 16.6. The first-order valence-electron chi connectivity index (χ1n) is 12.2. The molecule has 1 amide bonds. The van der Waals surface area contributed by atoms with Crippen molar-refractivity contribution in [3.8, 4) is 0 Å². The number of cyclic esters (lactones) is 1. The number of aliphatic hydroxyl groups excluding tert-OH is 1. The average Bonchev–Trinajstić information content (AvgIpc) is 3.17. The smallest absolute Gasteiger partial charge is 0.412 e. The molecule has 4 rings (SSSR count). The van der Waals surface area contributed by atoms with E-state index in [1.165, 1.54) is 0 Å². The van der Waals surface area contributed by atoms with Gasteiger partial charge in [-0.2, -0.15) is 0 Å². The third-order valence-corrected chi connectivity index (χ3v) is 7.81. The van der Waals surface area contributed by atoms with Crippen molar-refractivity contribution in [2.45, 2.75) is 62.5 Å². The Labute approximate surface area is 213 Å². The Bertz CT molecular complexity index is 1070. The van der Waals surface area contributed by atoms with Gasteiger partial charge in [-0.05, 0) is 11.5 Å². The molecule has 184 valence electrons. The van der Waals surface area contributed by atoms with Crippen molar-refractivity contribution in [2.24, 2.45) is 5.92 Å². The first kappa shape index (κ1) is 25.3. The summed E-state index contributed by atoms with van der Waals surface area (Å²) in [4.78, 5) is 15.7. The van der Waals surface area contributed by atoms with Gasteiger partial charge in [-0.15, -0.1) is 11.8 Å². The topological polar surface area (TPSA) is 49.8 Å². The zero-order valence-electron chi connectivity index (χ0n) is 21.1. The summed E-state index contributed by atoms with van der Waals surface area (Å²) in [5.74, 6) is 0.0490. The standard InChI is InChI=1S/C30H35NO3S/c1-21(2)26-30(23-17-11-7-12-18-23,24-19-13-8-14-20-24)34-28(33)31(26)27(35-29(3,4)5)25(32)22-15-9-6-10-16-22/h6-21,25-27,32H,1-5H3/t25-,26+,27+/m1/s1. The Hall–Kier alpha value is -2.76. The van der Waals surface area contributed by atoms with Gasteiger partial charge in [0.15, 0.2) is 5.60 Å². The van der Waals surface area contributed by atoms with Crippen LogP contribution in [0.25, 0.3) is 0 Å². The molecule has 0 spiro atoms. The highest BCUT2D eigenvalue weighted by Gasteiger charge is 2.60. The highest BCUT2D eigenvalue weighted by Crippen LogP contribution is 2.51. The van der Waals surface area contributed by atoms with Gasteiger partial charge in [0.05, 0.1) is 6.04 Å². The molecule has 35 heavy (non-hydrogen) atoms. The molecule has 1 aliphatic rings. The third-order valence-electron chi connectivity index (χ3n) is 6.37. The molecule has 1 heterocycles. The third kappa shape index (κ3) is 4.98. The summed E-state index contributed by atoms with van der Waals surface area (Å²) >= 11 is 1.59. The van der Waals surface area contributed by atoms with Crippen molar-refractivity contribution in [1.29, 1.82) is 0 Å². The zero-order chi connectivity index (χ0) is 25.2. The Morgan fingerprint density at radius 3 is 1.74 bits per heavy atom. The molecule has 0 aliphatic carbocycles. The predicted octanol–water partition coefficient (Wildman–Crippen LogP) is 7.00. The summed E-state index contributed by atoms with van der Waals surface area (Å²) < 4.78 is 6.25.